The smallest absolute Gasteiger partial charge is 0.0900 e. The van der Waals surface area contributed by atoms with Crippen LogP contribution < -0.4 is 0 Å². The van der Waals surface area contributed by atoms with Gasteiger partial charge in [0.2, 0.25) is 0 Å². The fourth-order valence-corrected chi connectivity index (χ4v) is 3.38. The number of aromatic nitrogens is 2. The summed E-state index contributed by atoms with van der Waals surface area (Å²) in [5.41, 5.74) is 2.17. The Bertz CT molecular complexity index is 612. The van der Waals surface area contributed by atoms with Crippen LogP contribution in [0.25, 0.3) is 0 Å². The van der Waals surface area contributed by atoms with Gasteiger partial charge in [-0.1, -0.05) is 29.8 Å². The maximum Gasteiger partial charge on any atom is 0.0900 e. The molecule has 1 aromatic heterocycles. The molecule has 24 heavy (non-hydrogen) atoms. The number of likely N-dealkylation sites (tertiary alicyclic amines) is 1. The Kier molecular flexibility index (Phi) is 6.26. The number of hydrogen-bond donors (Lipinski definition) is 2. The zero-order valence-electron chi connectivity index (χ0n) is 13.7. The van der Waals surface area contributed by atoms with E-state index in [1.807, 2.05) is 30.5 Å². The summed E-state index contributed by atoms with van der Waals surface area (Å²) in [6.07, 6.45) is 3.52. The van der Waals surface area contributed by atoms with Crippen LogP contribution >= 0.6 is 11.6 Å². The van der Waals surface area contributed by atoms with Crippen molar-refractivity contribution in [2.24, 2.45) is 0 Å². The molecular formula is C18H24ClN3O2. The highest BCUT2D eigenvalue weighted by molar-refractivity contribution is 6.31. The van der Waals surface area contributed by atoms with Crippen molar-refractivity contribution in [3.8, 4) is 0 Å². The molecule has 0 spiro atoms. The second-order valence-electron chi connectivity index (χ2n) is 6.35. The molecule has 2 heterocycles. The molecule has 130 valence electrons. The van der Waals surface area contributed by atoms with Gasteiger partial charge in [-0.25, -0.2) is 0 Å². The van der Waals surface area contributed by atoms with E-state index in [4.69, 9.17) is 16.3 Å². The highest BCUT2D eigenvalue weighted by atomic mass is 35.5. The second kappa shape index (κ2) is 8.62. The van der Waals surface area contributed by atoms with Crippen LogP contribution in [0.2, 0.25) is 5.02 Å². The second-order valence-corrected chi connectivity index (χ2v) is 6.75. The molecule has 1 atom stereocenters. The average Bonchev–Trinajstić information content (AvgIpc) is 3.12. The molecule has 2 aromatic rings. The number of nitrogens with zero attached hydrogens (tertiary/aromatic N) is 2. The summed E-state index contributed by atoms with van der Waals surface area (Å²) in [6.45, 7) is 3.39. The van der Waals surface area contributed by atoms with Gasteiger partial charge >= 0.3 is 0 Å². The lowest BCUT2D eigenvalue weighted by Gasteiger charge is -2.32. The van der Waals surface area contributed by atoms with E-state index in [-0.39, 0.29) is 0 Å². The third-order valence-corrected chi connectivity index (χ3v) is 4.91. The van der Waals surface area contributed by atoms with Gasteiger partial charge in [0.25, 0.3) is 0 Å². The number of nitrogens with one attached hydrogen (secondary N) is 1. The van der Waals surface area contributed by atoms with Gasteiger partial charge in [0.1, 0.15) is 0 Å². The summed E-state index contributed by atoms with van der Waals surface area (Å²) in [7, 11) is 0. The summed E-state index contributed by atoms with van der Waals surface area (Å²) >= 11 is 6.09. The predicted octanol–water partition coefficient (Wildman–Crippen LogP) is 2.82. The molecule has 0 radical (unpaired) electrons. The molecule has 3 rings (SSSR count). The fraction of sp³-hybridized carbons (Fsp3) is 0.500. The standard InChI is InChI=1S/C18H24ClN3O2/c19-17-4-2-1-3-15(17)12-24-13-16(23)11-22-9-6-14(7-10-22)18-5-8-20-21-18/h1-5,8,14,16,23H,6-7,9-13H2,(H,20,21)/t16-/m1/s1. The largest absolute Gasteiger partial charge is 0.389 e. The zero-order chi connectivity index (χ0) is 16.8. The molecule has 0 aliphatic carbocycles. The predicted molar refractivity (Wildman–Crippen MR) is 94.1 cm³/mol. The van der Waals surface area contributed by atoms with Crippen molar-refractivity contribution < 1.29 is 9.84 Å². The van der Waals surface area contributed by atoms with Gasteiger partial charge < -0.3 is 14.7 Å². The van der Waals surface area contributed by atoms with Crippen molar-refractivity contribution >= 4 is 11.6 Å². The van der Waals surface area contributed by atoms with Crippen LogP contribution in [0, 0.1) is 0 Å². The van der Waals surface area contributed by atoms with E-state index in [0.717, 1.165) is 31.5 Å². The van der Waals surface area contributed by atoms with Crippen LogP contribution in [-0.4, -0.2) is 52.5 Å². The molecule has 0 saturated carbocycles. The molecule has 1 aliphatic heterocycles. The van der Waals surface area contributed by atoms with Crippen LogP contribution in [0.1, 0.15) is 30.0 Å². The van der Waals surface area contributed by atoms with Crippen LogP contribution in [-0.2, 0) is 11.3 Å². The number of hydrogen-bond acceptors (Lipinski definition) is 4. The van der Waals surface area contributed by atoms with Crippen molar-refractivity contribution in [2.75, 3.05) is 26.2 Å². The molecule has 2 N–H and O–H groups in total. The summed E-state index contributed by atoms with van der Waals surface area (Å²) in [5.74, 6) is 0.553. The van der Waals surface area contributed by atoms with E-state index >= 15 is 0 Å². The SMILES string of the molecule is O[C@@H](COCc1ccccc1Cl)CN1CCC(c2ccn[nH]2)CC1. The number of H-pyrrole nitrogens is 1. The lowest BCUT2D eigenvalue weighted by atomic mass is 9.93. The Hall–Kier alpha value is -1.40. The summed E-state index contributed by atoms with van der Waals surface area (Å²) < 4.78 is 5.61. The lowest BCUT2D eigenvalue weighted by Crippen LogP contribution is -2.39. The van der Waals surface area contributed by atoms with E-state index in [0.29, 0.717) is 30.7 Å². The molecule has 1 aliphatic rings. The molecule has 5 nitrogen and oxygen atoms in total. The van der Waals surface area contributed by atoms with Gasteiger partial charge in [0, 0.05) is 29.4 Å². The van der Waals surface area contributed by atoms with E-state index < -0.39 is 6.10 Å². The maximum absolute atomic E-state index is 10.2. The third kappa shape index (κ3) is 4.80. The number of halogens is 1. The van der Waals surface area contributed by atoms with Gasteiger partial charge in [-0.2, -0.15) is 5.10 Å². The third-order valence-electron chi connectivity index (χ3n) is 4.54. The minimum Gasteiger partial charge on any atom is -0.389 e. The molecule has 0 bridgehead atoms. The van der Waals surface area contributed by atoms with Gasteiger partial charge in [-0.15, -0.1) is 0 Å². The topological polar surface area (TPSA) is 61.4 Å². The van der Waals surface area contributed by atoms with E-state index in [9.17, 15) is 5.11 Å². The number of ether oxygens (including phenoxy) is 1. The number of β-amino-alcohol motifs (C(OH)–C–C–N with tert-alkyl or cyclic N) is 1. The monoisotopic (exact) mass is 349 g/mol. The summed E-state index contributed by atoms with van der Waals surface area (Å²) in [4.78, 5) is 2.30. The first-order valence-electron chi connectivity index (χ1n) is 8.43. The van der Waals surface area contributed by atoms with Crippen molar-refractivity contribution in [1.82, 2.24) is 15.1 Å². The highest BCUT2D eigenvalue weighted by Gasteiger charge is 2.22. The zero-order valence-corrected chi connectivity index (χ0v) is 14.5. The van der Waals surface area contributed by atoms with E-state index in [1.54, 1.807) is 0 Å². The van der Waals surface area contributed by atoms with Gasteiger partial charge in [-0.05, 0) is 43.6 Å². The van der Waals surface area contributed by atoms with Crippen LogP contribution in [0.4, 0.5) is 0 Å². The molecule has 1 fully saturated rings. The minimum absolute atomic E-state index is 0.325. The Morgan fingerprint density at radius 3 is 2.79 bits per heavy atom. The lowest BCUT2D eigenvalue weighted by molar-refractivity contribution is 0.00617. The Labute approximate surface area is 147 Å². The van der Waals surface area contributed by atoms with Crippen molar-refractivity contribution in [1.29, 1.82) is 0 Å². The van der Waals surface area contributed by atoms with Gasteiger partial charge in [-0.3, -0.25) is 5.10 Å². The Balaban J connectivity index is 1.35. The molecule has 0 unspecified atom stereocenters. The van der Waals surface area contributed by atoms with E-state index in [1.165, 1.54) is 5.69 Å². The first kappa shape index (κ1) is 17.4. The number of benzene rings is 1. The molecule has 6 heteroatoms. The molecule has 1 aromatic carbocycles. The van der Waals surface area contributed by atoms with Crippen LogP contribution in [0.3, 0.4) is 0 Å². The van der Waals surface area contributed by atoms with Crippen LogP contribution in [0.5, 0.6) is 0 Å². The Morgan fingerprint density at radius 2 is 2.08 bits per heavy atom. The first-order valence-corrected chi connectivity index (χ1v) is 8.81. The fourth-order valence-electron chi connectivity index (χ4n) is 3.19. The number of aliphatic hydroxyl groups is 1. The average molecular weight is 350 g/mol. The normalized spacial score (nSPS) is 17.9. The Morgan fingerprint density at radius 1 is 1.29 bits per heavy atom. The van der Waals surface area contributed by atoms with Gasteiger partial charge in [0.05, 0.1) is 19.3 Å². The summed E-state index contributed by atoms with van der Waals surface area (Å²) in [5, 5.41) is 18.0. The number of aromatic amines is 1. The van der Waals surface area contributed by atoms with Crippen molar-refractivity contribution in [3.63, 3.8) is 0 Å². The summed E-state index contributed by atoms with van der Waals surface area (Å²) in [6, 6.07) is 9.67. The van der Waals surface area contributed by atoms with Crippen LogP contribution in [0.15, 0.2) is 36.5 Å². The number of piperidine rings is 1. The number of aliphatic hydroxyl groups excluding tert-OH is 1. The van der Waals surface area contributed by atoms with E-state index in [2.05, 4.69) is 21.2 Å². The highest BCUT2D eigenvalue weighted by Crippen LogP contribution is 2.26. The molecule has 1 saturated heterocycles. The minimum atomic E-state index is -0.476. The van der Waals surface area contributed by atoms with Crippen molar-refractivity contribution in [2.45, 2.75) is 31.5 Å². The van der Waals surface area contributed by atoms with Gasteiger partial charge in [0.15, 0.2) is 0 Å². The molecular weight excluding hydrogens is 326 g/mol. The van der Waals surface area contributed by atoms with Crippen molar-refractivity contribution in [3.05, 3.63) is 52.8 Å². The quantitative estimate of drug-likeness (QED) is 0.807. The first-order chi connectivity index (χ1) is 11.7. The molecule has 0 amide bonds. The maximum atomic E-state index is 10.2. The number of rotatable bonds is 7.